The van der Waals surface area contributed by atoms with E-state index in [1.54, 1.807) is 7.11 Å². The van der Waals surface area contributed by atoms with Crippen molar-refractivity contribution in [1.29, 1.82) is 0 Å². The van der Waals surface area contributed by atoms with Crippen molar-refractivity contribution in [2.24, 2.45) is 5.41 Å². The third-order valence-electron chi connectivity index (χ3n) is 5.07. The smallest absolute Gasteiger partial charge is 0.124 e. The number of nitrogens with one attached hydrogen (secondary N) is 1. The van der Waals surface area contributed by atoms with Crippen molar-refractivity contribution in [2.45, 2.75) is 45.4 Å². The first-order valence-corrected chi connectivity index (χ1v) is 10.0. The topological polar surface area (TPSA) is 94.4 Å². The summed E-state index contributed by atoms with van der Waals surface area (Å²) >= 11 is 0. The lowest BCUT2D eigenvalue weighted by molar-refractivity contribution is 0.0336. The summed E-state index contributed by atoms with van der Waals surface area (Å²) in [7, 11) is 1.63. The number of likely N-dealkylation sites (tertiary alicyclic amines) is 1. The molecule has 0 bridgehead atoms. The van der Waals surface area contributed by atoms with E-state index >= 15 is 0 Å². The average molecular weight is 397 g/mol. The third kappa shape index (κ3) is 7.56. The van der Waals surface area contributed by atoms with Gasteiger partial charge in [0.25, 0.3) is 0 Å². The third-order valence-corrected chi connectivity index (χ3v) is 5.07. The minimum atomic E-state index is -0.591. The van der Waals surface area contributed by atoms with E-state index < -0.39 is 6.10 Å². The average Bonchev–Trinajstić information content (AvgIpc) is 2.68. The predicted molar refractivity (Wildman–Crippen MR) is 109 cm³/mol. The molecule has 0 aromatic heterocycles. The fourth-order valence-corrected chi connectivity index (χ4v) is 3.19. The van der Waals surface area contributed by atoms with Crippen molar-refractivity contribution in [3.05, 3.63) is 23.8 Å². The molecule has 4 N–H and O–H groups in total. The van der Waals surface area contributed by atoms with Crippen molar-refractivity contribution in [1.82, 2.24) is 10.2 Å². The van der Waals surface area contributed by atoms with Crippen LogP contribution in [0, 0.1) is 5.41 Å². The standard InChI is InChI=1S/C21H36N2O5/c1-21(2,15-24)14-22-11-16-10-19(27-3)4-5-20(16)28-13-18(26)12-23-8-6-17(25)7-9-23/h4-5,10,17-18,22,24-26H,6-9,11-15H2,1-3H3. The van der Waals surface area contributed by atoms with Crippen LogP contribution in [0.1, 0.15) is 32.3 Å². The lowest BCUT2D eigenvalue weighted by Gasteiger charge is -2.31. The summed E-state index contributed by atoms with van der Waals surface area (Å²) < 4.78 is 11.2. The summed E-state index contributed by atoms with van der Waals surface area (Å²) in [6.45, 7) is 7.72. The molecule has 7 heteroatoms. The fraction of sp³-hybridized carbons (Fsp3) is 0.714. The molecule has 0 saturated carbocycles. The molecule has 0 spiro atoms. The molecule has 7 nitrogen and oxygen atoms in total. The quantitative estimate of drug-likeness (QED) is 0.443. The highest BCUT2D eigenvalue weighted by molar-refractivity contribution is 5.40. The van der Waals surface area contributed by atoms with Gasteiger partial charge in [-0.05, 0) is 31.0 Å². The number of hydrogen-bond donors (Lipinski definition) is 4. The Balaban J connectivity index is 1.88. The van der Waals surface area contributed by atoms with Crippen molar-refractivity contribution in [3.8, 4) is 11.5 Å². The zero-order chi connectivity index (χ0) is 20.6. The number of β-amino-alcohol motifs (C(OH)–C–C–N with tert-alkyl or cyclic N) is 1. The number of aliphatic hydroxyl groups is 3. The predicted octanol–water partition coefficient (Wildman–Crippen LogP) is 1.000. The molecule has 1 heterocycles. The molecule has 0 amide bonds. The first-order chi connectivity index (χ1) is 13.3. The van der Waals surface area contributed by atoms with Crippen molar-refractivity contribution in [2.75, 3.05) is 46.5 Å². The second kappa shape index (κ2) is 11.0. The normalized spacial score (nSPS) is 17.5. The Morgan fingerprint density at radius 2 is 2.00 bits per heavy atom. The van der Waals surface area contributed by atoms with Gasteiger partial charge in [0.15, 0.2) is 0 Å². The highest BCUT2D eigenvalue weighted by Gasteiger charge is 2.20. The molecule has 1 atom stereocenters. The van der Waals surface area contributed by atoms with E-state index in [4.69, 9.17) is 9.47 Å². The van der Waals surface area contributed by atoms with Gasteiger partial charge < -0.3 is 35.0 Å². The lowest BCUT2D eigenvalue weighted by atomic mass is 9.95. The van der Waals surface area contributed by atoms with Crippen LogP contribution in [-0.2, 0) is 6.54 Å². The molecule has 1 unspecified atom stereocenters. The number of benzene rings is 1. The van der Waals surface area contributed by atoms with Crippen LogP contribution in [0.2, 0.25) is 0 Å². The maximum absolute atomic E-state index is 10.3. The van der Waals surface area contributed by atoms with E-state index in [9.17, 15) is 15.3 Å². The molecular weight excluding hydrogens is 360 g/mol. The summed E-state index contributed by atoms with van der Waals surface area (Å²) in [4.78, 5) is 2.16. The van der Waals surface area contributed by atoms with E-state index in [0.29, 0.717) is 25.4 Å². The van der Waals surface area contributed by atoms with Crippen molar-refractivity contribution in [3.63, 3.8) is 0 Å². The maximum atomic E-state index is 10.3. The Kier molecular flexibility index (Phi) is 8.98. The van der Waals surface area contributed by atoms with Gasteiger partial charge in [0.2, 0.25) is 0 Å². The van der Waals surface area contributed by atoms with E-state index in [1.807, 2.05) is 32.0 Å². The molecule has 1 aromatic rings. The molecule has 0 aliphatic carbocycles. The van der Waals surface area contributed by atoms with Gasteiger partial charge in [0.05, 0.1) is 13.2 Å². The molecule has 160 valence electrons. The SMILES string of the molecule is COc1ccc(OCC(O)CN2CCC(O)CC2)c(CNCC(C)(C)CO)c1. The summed E-state index contributed by atoms with van der Waals surface area (Å²) in [6.07, 6.45) is 0.708. The summed E-state index contributed by atoms with van der Waals surface area (Å²) in [5.41, 5.74) is 0.749. The van der Waals surface area contributed by atoms with Gasteiger partial charge in [-0.15, -0.1) is 0 Å². The molecule has 1 fully saturated rings. The van der Waals surface area contributed by atoms with Crippen LogP contribution >= 0.6 is 0 Å². The molecular formula is C21H36N2O5. The van der Waals surface area contributed by atoms with Gasteiger partial charge in [-0.25, -0.2) is 0 Å². The van der Waals surface area contributed by atoms with Crippen LogP contribution < -0.4 is 14.8 Å². The Hall–Kier alpha value is -1.38. The molecule has 1 saturated heterocycles. The van der Waals surface area contributed by atoms with Crippen LogP contribution in [0.5, 0.6) is 11.5 Å². The van der Waals surface area contributed by atoms with E-state index in [1.165, 1.54) is 0 Å². The molecule has 2 rings (SSSR count). The molecule has 0 radical (unpaired) electrons. The highest BCUT2D eigenvalue weighted by atomic mass is 16.5. The minimum absolute atomic E-state index is 0.112. The van der Waals surface area contributed by atoms with Crippen LogP contribution in [0.3, 0.4) is 0 Å². The van der Waals surface area contributed by atoms with Crippen LogP contribution in [0.4, 0.5) is 0 Å². The number of aliphatic hydroxyl groups excluding tert-OH is 3. The Morgan fingerprint density at radius 1 is 1.29 bits per heavy atom. The van der Waals surface area contributed by atoms with Gasteiger partial charge in [-0.2, -0.15) is 0 Å². The largest absolute Gasteiger partial charge is 0.497 e. The van der Waals surface area contributed by atoms with Gasteiger partial charge in [0.1, 0.15) is 24.2 Å². The highest BCUT2D eigenvalue weighted by Crippen LogP contribution is 2.25. The van der Waals surface area contributed by atoms with Gasteiger partial charge in [-0.3, -0.25) is 0 Å². The van der Waals surface area contributed by atoms with E-state index in [-0.39, 0.29) is 24.7 Å². The lowest BCUT2D eigenvalue weighted by Crippen LogP contribution is -2.41. The molecule has 28 heavy (non-hydrogen) atoms. The number of ether oxygens (including phenoxy) is 2. The zero-order valence-corrected chi connectivity index (χ0v) is 17.4. The first-order valence-electron chi connectivity index (χ1n) is 10.0. The van der Waals surface area contributed by atoms with Crippen LogP contribution in [0.25, 0.3) is 0 Å². The summed E-state index contributed by atoms with van der Waals surface area (Å²) in [6, 6.07) is 5.62. The van der Waals surface area contributed by atoms with Gasteiger partial charge >= 0.3 is 0 Å². The van der Waals surface area contributed by atoms with E-state index in [0.717, 1.165) is 37.2 Å². The first kappa shape index (κ1) is 22.9. The monoisotopic (exact) mass is 396 g/mol. The van der Waals surface area contributed by atoms with Crippen LogP contribution in [-0.4, -0.2) is 78.9 Å². The number of methoxy groups -OCH3 is 1. The minimum Gasteiger partial charge on any atom is -0.497 e. The number of rotatable bonds is 11. The second-order valence-electron chi connectivity index (χ2n) is 8.40. The Labute approximate surface area is 168 Å². The van der Waals surface area contributed by atoms with Crippen molar-refractivity contribution < 1.29 is 24.8 Å². The van der Waals surface area contributed by atoms with Gasteiger partial charge in [0, 0.05) is 50.3 Å². The number of hydrogen-bond acceptors (Lipinski definition) is 7. The van der Waals surface area contributed by atoms with Crippen molar-refractivity contribution >= 4 is 0 Å². The molecule has 1 aromatic carbocycles. The fourth-order valence-electron chi connectivity index (χ4n) is 3.19. The second-order valence-corrected chi connectivity index (χ2v) is 8.40. The maximum Gasteiger partial charge on any atom is 0.124 e. The van der Waals surface area contributed by atoms with Crippen LogP contribution in [0.15, 0.2) is 18.2 Å². The van der Waals surface area contributed by atoms with E-state index in [2.05, 4.69) is 10.2 Å². The zero-order valence-electron chi connectivity index (χ0n) is 17.4. The summed E-state index contributed by atoms with van der Waals surface area (Å²) in [5, 5.41) is 32.7. The molecule has 1 aliphatic rings. The molecule has 1 aliphatic heterocycles. The van der Waals surface area contributed by atoms with Gasteiger partial charge in [-0.1, -0.05) is 13.8 Å². The number of nitrogens with zero attached hydrogens (tertiary/aromatic N) is 1. The number of piperidine rings is 1. The summed E-state index contributed by atoms with van der Waals surface area (Å²) in [5.74, 6) is 1.46. The Morgan fingerprint density at radius 3 is 2.64 bits per heavy atom. The Bertz CT molecular complexity index is 588.